The highest BCUT2D eigenvalue weighted by Crippen LogP contribution is 2.34. The molecule has 0 saturated carbocycles. The predicted octanol–water partition coefficient (Wildman–Crippen LogP) is 3.96. The van der Waals surface area contributed by atoms with Gasteiger partial charge in [-0.1, -0.05) is 60.7 Å². The molecule has 1 saturated heterocycles. The van der Waals surface area contributed by atoms with Gasteiger partial charge in [-0.15, -0.1) is 0 Å². The van der Waals surface area contributed by atoms with Gasteiger partial charge in [-0.05, 0) is 49.4 Å². The predicted molar refractivity (Wildman–Crippen MR) is 84.9 cm³/mol. The van der Waals surface area contributed by atoms with Crippen molar-refractivity contribution in [2.75, 3.05) is 20.1 Å². The Morgan fingerprint density at radius 3 is 2.30 bits per heavy atom. The lowest BCUT2D eigenvalue weighted by molar-refractivity contribution is 0.183. The first-order valence-electron chi connectivity index (χ1n) is 7.60. The maximum atomic E-state index is 2.48. The van der Waals surface area contributed by atoms with E-state index in [1.54, 1.807) is 0 Å². The monoisotopic (exact) mass is 265 g/mol. The van der Waals surface area contributed by atoms with Crippen LogP contribution in [0.4, 0.5) is 0 Å². The fourth-order valence-corrected chi connectivity index (χ4v) is 3.48. The maximum absolute atomic E-state index is 2.48. The highest BCUT2D eigenvalue weighted by molar-refractivity contribution is 5.23. The van der Waals surface area contributed by atoms with E-state index >= 15 is 0 Å². The Balaban J connectivity index is 1.80. The topological polar surface area (TPSA) is 3.24 Å². The zero-order valence-corrected chi connectivity index (χ0v) is 12.2. The Morgan fingerprint density at radius 2 is 1.60 bits per heavy atom. The normalized spacial score (nSPS) is 23.6. The fraction of sp³-hybridized carbons (Fsp3) is 0.368. The lowest BCUT2D eigenvalue weighted by Gasteiger charge is -2.37. The van der Waals surface area contributed by atoms with Crippen molar-refractivity contribution in [3.05, 3.63) is 71.8 Å². The third-order valence-electron chi connectivity index (χ3n) is 4.51. The first-order valence-corrected chi connectivity index (χ1v) is 7.60. The third kappa shape index (κ3) is 3.10. The van der Waals surface area contributed by atoms with Crippen LogP contribution in [0.5, 0.6) is 0 Å². The molecule has 1 aliphatic heterocycles. The average molecular weight is 265 g/mol. The summed E-state index contributed by atoms with van der Waals surface area (Å²) < 4.78 is 0. The van der Waals surface area contributed by atoms with Gasteiger partial charge in [0, 0.05) is 6.54 Å². The van der Waals surface area contributed by atoms with Crippen LogP contribution in [-0.2, 0) is 6.42 Å². The van der Waals surface area contributed by atoms with Gasteiger partial charge in [0.15, 0.2) is 0 Å². The molecule has 0 radical (unpaired) electrons. The first kappa shape index (κ1) is 13.4. The van der Waals surface area contributed by atoms with Crippen LogP contribution in [-0.4, -0.2) is 25.0 Å². The Bertz CT molecular complexity index is 520. The molecule has 1 heterocycles. The molecule has 3 rings (SSSR count). The van der Waals surface area contributed by atoms with Crippen LogP contribution in [0.2, 0.25) is 0 Å². The van der Waals surface area contributed by atoms with Gasteiger partial charge in [-0.2, -0.15) is 0 Å². The SMILES string of the molecule is CN1CC[C@H](c2ccccc2)[C@H](Cc2ccccc2)C1. The molecule has 0 unspecified atom stereocenters. The van der Waals surface area contributed by atoms with E-state index < -0.39 is 0 Å². The summed E-state index contributed by atoms with van der Waals surface area (Å²) in [7, 11) is 2.25. The maximum Gasteiger partial charge on any atom is 0.00157 e. The molecule has 1 fully saturated rings. The number of hydrogen-bond donors (Lipinski definition) is 0. The van der Waals surface area contributed by atoms with Crippen LogP contribution < -0.4 is 0 Å². The van der Waals surface area contributed by atoms with Crippen LogP contribution in [0, 0.1) is 5.92 Å². The van der Waals surface area contributed by atoms with Gasteiger partial charge in [-0.25, -0.2) is 0 Å². The van der Waals surface area contributed by atoms with Crippen molar-refractivity contribution in [1.82, 2.24) is 4.90 Å². The highest BCUT2D eigenvalue weighted by Gasteiger charge is 2.28. The summed E-state index contributed by atoms with van der Waals surface area (Å²) in [6.45, 7) is 2.42. The van der Waals surface area contributed by atoms with Gasteiger partial charge in [0.05, 0.1) is 0 Å². The largest absolute Gasteiger partial charge is 0.306 e. The summed E-state index contributed by atoms with van der Waals surface area (Å²) in [5.41, 5.74) is 2.98. The zero-order valence-electron chi connectivity index (χ0n) is 12.2. The van der Waals surface area contributed by atoms with Gasteiger partial charge in [0.1, 0.15) is 0 Å². The van der Waals surface area contributed by atoms with Crippen LogP contribution in [0.25, 0.3) is 0 Å². The van der Waals surface area contributed by atoms with Crippen molar-refractivity contribution in [1.29, 1.82) is 0 Å². The van der Waals surface area contributed by atoms with Crippen LogP contribution >= 0.6 is 0 Å². The molecule has 1 aliphatic rings. The number of hydrogen-bond acceptors (Lipinski definition) is 1. The van der Waals surface area contributed by atoms with Crippen molar-refractivity contribution in [2.45, 2.75) is 18.8 Å². The van der Waals surface area contributed by atoms with Crippen LogP contribution in [0.3, 0.4) is 0 Å². The smallest absolute Gasteiger partial charge is 0.00157 e. The average Bonchev–Trinajstić information content (AvgIpc) is 2.49. The molecule has 2 atom stereocenters. The summed E-state index contributed by atoms with van der Waals surface area (Å²) in [5, 5.41) is 0. The molecule has 0 N–H and O–H groups in total. The molecule has 2 aromatic carbocycles. The number of likely N-dealkylation sites (tertiary alicyclic amines) is 1. The van der Waals surface area contributed by atoms with E-state index in [-0.39, 0.29) is 0 Å². The van der Waals surface area contributed by atoms with Crippen molar-refractivity contribution in [3.63, 3.8) is 0 Å². The molecular formula is C19H23N. The molecule has 1 heteroatoms. The van der Waals surface area contributed by atoms with Gasteiger partial charge >= 0.3 is 0 Å². The summed E-state index contributed by atoms with van der Waals surface area (Å²) >= 11 is 0. The second-order valence-corrected chi connectivity index (χ2v) is 6.02. The quantitative estimate of drug-likeness (QED) is 0.812. The summed E-state index contributed by atoms with van der Waals surface area (Å²) in [6.07, 6.45) is 2.46. The molecule has 1 nitrogen and oxygen atoms in total. The van der Waals surface area contributed by atoms with Crippen LogP contribution in [0.1, 0.15) is 23.5 Å². The second kappa shape index (κ2) is 6.23. The minimum atomic E-state index is 0.701. The lowest BCUT2D eigenvalue weighted by atomic mass is 9.77. The standard InChI is InChI=1S/C19H23N/c1-20-13-12-19(17-10-6-3-7-11-17)18(15-20)14-16-8-4-2-5-9-16/h2-11,18-19H,12-15H2,1H3/t18-,19-/m1/s1. The summed E-state index contributed by atoms with van der Waals surface area (Å²) in [5.74, 6) is 1.42. The first-order chi connectivity index (χ1) is 9.83. The van der Waals surface area contributed by atoms with E-state index in [4.69, 9.17) is 0 Å². The van der Waals surface area contributed by atoms with E-state index in [1.165, 1.54) is 37.1 Å². The number of benzene rings is 2. The highest BCUT2D eigenvalue weighted by atomic mass is 15.1. The van der Waals surface area contributed by atoms with Crippen molar-refractivity contribution in [2.24, 2.45) is 5.92 Å². The van der Waals surface area contributed by atoms with Gasteiger partial charge < -0.3 is 4.90 Å². The number of piperidine rings is 1. The third-order valence-corrected chi connectivity index (χ3v) is 4.51. The Hall–Kier alpha value is -1.60. The van der Waals surface area contributed by atoms with E-state index in [2.05, 4.69) is 72.6 Å². The molecule has 0 amide bonds. The Labute approximate surface area is 122 Å². The van der Waals surface area contributed by atoms with Gasteiger partial charge in [0.2, 0.25) is 0 Å². The molecule has 2 aromatic rings. The van der Waals surface area contributed by atoms with Crippen molar-refractivity contribution in [3.8, 4) is 0 Å². The Kier molecular flexibility index (Phi) is 4.17. The number of nitrogens with zero attached hydrogens (tertiary/aromatic N) is 1. The van der Waals surface area contributed by atoms with Gasteiger partial charge in [0.25, 0.3) is 0 Å². The van der Waals surface area contributed by atoms with E-state index in [1.807, 2.05) is 0 Å². The van der Waals surface area contributed by atoms with Gasteiger partial charge in [-0.3, -0.25) is 0 Å². The molecule has 0 aromatic heterocycles. The molecule has 0 aliphatic carbocycles. The molecule has 0 spiro atoms. The molecule has 20 heavy (non-hydrogen) atoms. The minimum Gasteiger partial charge on any atom is -0.306 e. The van der Waals surface area contributed by atoms with E-state index in [9.17, 15) is 0 Å². The fourth-order valence-electron chi connectivity index (χ4n) is 3.48. The van der Waals surface area contributed by atoms with Crippen molar-refractivity contribution < 1.29 is 0 Å². The van der Waals surface area contributed by atoms with E-state index in [0.717, 1.165) is 5.92 Å². The zero-order chi connectivity index (χ0) is 13.8. The summed E-state index contributed by atoms with van der Waals surface area (Å²) in [6, 6.07) is 22.0. The summed E-state index contributed by atoms with van der Waals surface area (Å²) in [4.78, 5) is 2.48. The Morgan fingerprint density at radius 1 is 0.950 bits per heavy atom. The number of rotatable bonds is 3. The molecular weight excluding hydrogens is 242 g/mol. The van der Waals surface area contributed by atoms with Crippen molar-refractivity contribution >= 4 is 0 Å². The minimum absolute atomic E-state index is 0.701. The molecule has 104 valence electrons. The second-order valence-electron chi connectivity index (χ2n) is 6.02. The van der Waals surface area contributed by atoms with E-state index in [0.29, 0.717) is 5.92 Å². The lowest BCUT2D eigenvalue weighted by Crippen LogP contribution is -2.38. The van der Waals surface area contributed by atoms with Crippen LogP contribution in [0.15, 0.2) is 60.7 Å². The molecule has 0 bridgehead atoms.